The second kappa shape index (κ2) is 8.35. The van der Waals surface area contributed by atoms with E-state index < -0.39 is 5.91 Å². The minimum Gasteiger partial charge on any atom is -0.495 e. The lowest BCUT2D eigenvalue weighted by Gasteiger charge is -2.08. The number of nitrogens with one attached hydrogen (secondary N) is 1. The molecule has 2 rings (SSSR count). The number of nitriles is 1. The average Bonchev–Trinajstić information content (AvgIpc) is 3.03. The Bertz CT molecular complexity index is 754. The molecule has 0 spiro atoms. The van der Waals surface area contributed by atoms with E-state index in [0.29, 0.717) is 5.76 Å². The van der Waals surface area contributed by atoms with E-state index in [-0.39, 0.29) is 12.1 Å². The molecule has 1 heterocycles. The van der Waals surface area contributed by atoms with Crippen LogP contribution < -0.4 is 10.1 Å². The number of ether oxygens (including phenoxy) is 1. The smallest absolute Gasteiger partial charge is 0.262 e. The van der Waals surface area contributed by atoms with Gasteiger partial charge >= 0.3 is 0 Å². The fourth-order valence-electron chi connectivity index (χ4n) is 1.85. The zero-order chi connectivity index (χ0) is 16.8. The van der Waals surface area contributed by atoms with Gasteiger partial charge in [-0.1, -0.05) is 0 Å². The lowest BCUT2D eigenvalue weighted by Crippen LogP contribution is -2.23. The van der Waals surface area contributed by atoms with Gasteiger partial charge in [-0.2, -0.15) is 5.26 Å². The highest BCUT2D eigenvalue weighted by Gasteiger charge is 2.12. The first-order chi connectivity index (χ1) is 11.0. The highest BCUT2D eigenvalue weighted by molar-refractivity contribution is 14.1. The molecule has 2 aromatic rings. The van der Waals surface area contributed by atoms with E-state index in [1.54, 1.807) is 25.3 Å². The molecular weight excluding hydrogens is 522 g/mol. The summed E-state index contributed by atoms with van der Waals surface area (Å²) in [4.78, 5) is 12.1. The van der Waals surface area contributed by atoms with Gasteiger partial charge in [0.25, 0.3) is 5.91 Å². The molecule has 1 amide bonds. The molecule has 0 unspecified atom stereocenters. The Kier molecular flexibility index (Phi) is 6.47. The fourth-order valence-corrected chi connectivity index (χ4v) is 4.11. The second-order valence-electron chi connectivity index (χ2n) is 4.45. The second-order valence-corrected chi connectivity index (χ2v) is 6.77. The molecular formula is C16H12I2N2O3. The van der Waals surface area contributed by atoms with Crippen LogP contribution in [0.4, 0.5) is 0 Å². The van der Waals surface area contributed by atoms with Gasteiger partial charge in [0.15, 0.2) is 0 Å². The van der Waals surface area contributed by atoms with Gasteiger partial charge in [-0.3, -0.25) is 4.79 Å². The van der Waals surface area contributed by atoms with E-state index in [1.165, 1.54) is 6.26 Å². The Hall–Kier alpha value is -1.54. The van der Waals surface area contributed by atoms with Gasteiger partial charge in [-0.15, -0.1) is 0 Å². The van der Waals surface area contributed by atoms with Gasteiger partial charge in [0.2, 0.25) is 0 Å². The Morgan fingerprint density at radius 3 is 2.65 bits per heavy atom. The highest BCUT2D eigenvalue weighted by atomic mass is 127. The van der Waals surface area contributed by atoms with Gasteiger partial charge in [-0.05, 0) is 81.1 Å². The van der Waals surface area contributed by atoms with Crippen LogP contribution in [0.25, 0.3) is 6.08 Å². The third-order valence-electron chi connectivity index (χ3n) is 2.90. The summed E-state index contributed by atoms with van der Waals surface area (Å²) in [6.07, 6.45) is 3.09. The normalized spacial score (nSPS) is 11.0. The summed E-state index contributed by atoms with van der Waals surface area (Å²) in [5, 5.41) is 11.9. The molecule has 23 heavy (non-hydrogen) atoms. The van der Waals surface area contributed by atoms with E-state index >= 15 is 0 Å². The molecule has 0 aliphatic carbocycles. The number of carbonyl (C=O) groups is 1. The van der Waals surface area contributed by atoms with Crippen LogP contribution in [0.2, 0.25) is 0 Å². The van der Waals surface area contributed by atoms with Crippen LogP contribution in [0, 0.1) is 18.5 Å². The summed E-state index contributed by atoms with van der Waals surface area (Å²) in [5.74, 6) is 0.970. The van der Waals surface area contributed by atoms with Crippen molar-refractivity contribution in [2.75, 3.05) is 7.11 Å². The largest absolute Gasteiger partial charge is 0.495 e. The van der Waals surface area contributed by atoms with E-state index in [4.69, 9.17) is 9.15 Å². The van der Waals surface area contributed by atoms with Crippen molar-refractivity contribution in [2.45, 2.75) is 6.54 Å². The third kappa shape index (κ3) is 4.71. The minimum atomic E-state index is -0.440. The molecule has 118 valence electrons. The number of rotatable bonds is 5. The van der Waals surface area contributed by atoms with Crippen molar-refractivity contribution in [1.29, 1.82) is 5.26 Å². The summed E-state index contributed by atoms with van der Waals surface area (Å²) < 4.78 is 12.3. The molecule has 1 aromatic carbocycles. The Morgan fingerprint density at radius 2 is 2.13 bits per heavy atom. The summed E-state index contributed by atoms with van der Waals surface area (Å²) >= 11 is 4.31. The van der Waals surface area contributed by atoms with Gasteiger partial charge in [0, 0.05) is 0 Å². The Morgan fingerprint density at radius 1 is 1.43 bits per heavy atom. The monoisotopic (exact) mass is 534 g/mol. The Balaban J connectivity index is 2.18. The van der Waals surface area contributed by atoms with Crippen LogP contribution in [0.15, 0.2) is 40.5 Å². The van der Waals surface area contributed by atoms with Crippen molar-refractivity contribution in [2.24, 2.45) is 0 Å². The van der Waals surface area contributed by atoms with Crippen molar-refractivity contribution in [3.05, 3.63) is 54.6 Å². The maximum absolute atomic E-state index is 12.1. The van der Waals surface area contributed by atoms with E-state index in [0.717, 1.165) is 18.5 Å². The van der Waals surface area contributed by atoms with E-state index in [9.17, 15) is 10.1 Å². The maximum Gasteiger partial charge on any atom is 0.262 e. The van der Waals surface area contributed by atoms with Crippen LogP contribution in [-0.2, 0) is 11.3 Å². The predicted molar refractivity (Wildman–Crippen MR) is 103 cm³/mol. The molecule has 1 aromatic heterocycles. The van der Waals surface area contributed by atoms with Crippen molar-refractivity contribution in [3.8, 4) is 11.8 Å². The van der Waals surface area contributed by atoms with Crippen LogP contribution in [0.3, 0.4) is 0 Å². The number of furan rings is 1. The lowest BCUT2D eigenvalue weighted by atomic mass is 10.1. The van der Waals surface area contributed by atoms with Gasteiger partial charge in [0.05, 0.1) is 27.1 Å². The van der Waals surface area contributed by atoms with Crippen molar-refractivity contribution in [3.63, 3.8) is 0 Å². The number of nitrogens with zero attached hydrogens (tertiary/aromatic N) is 1. The molecule has 0 saturated carbocycles. The van der Waals surface area contributed by atoms with Crippen LogP contribution >= 0.6 is 45.2 Å². The third-order valence-corrected chi connectivity index (χ3v) is 4.51. The van der Waals surface area contributed by atoms with Crippen molar-refractivity contribution in [1.82, 2.24) is 5.32 Å². The maximum atomic E-state index is 12.1. The summed E-state index contributed by atoms with van der Waals surface area (Å²) in [6, 6.07) is 9.14. The average molecular weight is 534 g/mol. The molecule has 1 N–H and O–H groups in total. The highest BCUT2D eigenvalue weighted by Crippen LogP contribution is 2.29. The number of hydrogen-bond acceptors (Lipinski definition) is 4. The van der Waals surface area contributed by atoms with Gasteiger partial charge < -0.3 is 14.5 Å². The summed E-state index contributed by atoms with van der Waals surface area (Å²) in [6.45, 7) is 0.239. The lowest BCUT2D eigenvalue weighted by molar-refractivity contribution is -0.117. The molecule has 0 bridgehead atoms. The van der Waals surface area contributed by atoms with Crippen LogP contribution in [0.5, 0.6) is 5.75 Å². The minimum absolute atomic E-state index is 0.0355. The number of halogens is 2. The number of carbonyl (C=O) groups excluding carboxylic acids is 1. The quantitative estimate of drug-likeness (QED) is 0.361. The molecule has 5 nitrogen and oxygen atoms in total. The number of amides is 1. The number of methoxy groups -OCH3 is 1. The topological polar surface area (TPSA) is 75.3 Å². The number of benzene rings is 1. The zero-order valence-electron chi connectivity index (χ0n) is 12.1. The molecule has 0 aliphatic heterocycles. The first-order valence-corrected chi connectivity index (χ1v) is 8.66. The predicted octanol–water partition coefficient (Wildman–Crippen LogP) is 3.72. The number of hydrogen-bond donors (Lipinski definition) is 1. The van der Waals surface area contributed by atoms with Crippen LogP contribution in [-0.4, -0.2) is 13.0 Å². The molecule has 0 fully saturated rings. The van der Waals surface area contributed by atoms with Gasteiger partial charge in [0.1, 0.15) is 23.2 Å². The molecule has 0 aliphatic rings. The Labute approximate surface area is 161 Å². The molecule has 7 heteroatoms. The zero-order valence-corrected chi connectivity index (χ0v) is 16.4. The van der Waals surface area contributed by atoms with E-state index in [1.807, 2.05) is 18.2 Å². The fraction of sp³-hybridized carbons (Fsp3) is 0.125. The summed E-state index contributed by atoms with van der Waals surface area (Å²) in [5.41, 5.74) is 0.803. The van der Waals surface area contributed by atoms with Crippen molar-refractivity contribution >= 4 is 57.2 Å². The SMILES string of the molecule is COc1c(I)cc(/C=C(\C#N)C(=O)NCc2ccco2)cc1I. The standard InChI is InChI=1S/C16H12I2N2O3/c1-22-15-13(17)6-10(7-14(15)18)5-11(8-19)16(21)20-9-12-3-2-4-23-12/h2-7H,9H2,1H3,(H,20,21)/b11-5+. The first kappa shape index (κ1) is 17.8. The van der Waals surface area contributed by atoms with Crippen LogP contribution in [0.1, 0.15) is 11.3 Å². The summed E-state index contributed by atoms with van der Waals surface area (Å²) in [7, 11) is 1.61. The molecule has 0 saturated heterocycles. The van der Waals surface area contributed by atoms with Crippen molar-refractivity contribution < 1.29 is 13.9 Å². The van der Waals surface area contributed by atoms with E-state index in [2.05, 4.69) is 50.5 Å². The first-order valence-electron chi connectivity index (χ1n) is 6.50. The molecule has 0 radical (unpaired) electrons. The molecule has 0 atom stereocenters. The van der Waals surface area contributed by atoms with Gasteiger partial charge in [-0.25, -0.2) is 0 Å².